The minimum absolute atomic E-state index is 0.648. The number of rotatable bonds is 3. The Labute approximate surface area is 142 Å². The van der Waals surface area contributed by atoms with Gasteiger partial charge in [0.05, 0.1) is 10.7 Å². The molecule has 1 aromatic carbocycles. The minimum atomic E-state index is 0.648. The van der Waals surface area contributed by atoms with Crippen LogP contribution in [0.2, 0.25) is 5.02 Å². The lowest BCUT2D eigenvalue weighted by molar-refractivity contribution is 0.524. The van der Waals surface area contributed by atoms with Crippen LogP contribution in [0.25, 0.3) is 11.3 Å². The number of hydrogen-bond acceptors (Lipinski definition) is 2. The third kappa shape index (κ3) is 2.82. The first-order chi connectivity index (χ1) is 11.1. The Bertz CT molecular complexity index is 803. The molecule has 2 nitrogen and oxygen atoms in total. The predicted octanol–water partition coefficient (Wildman–Crippen LogP) is 5.40. The van der Waals surface area contributed by atoms with Crippen LogP contribution in [0.1, 0.15) is 25.0 Å². The van der Waals surface area contributed by atoms with Crippen LogP contribution in [0.5, 0.6) is 0 Å². The van der Waals surface area contributed by atoms with Crippen molar-refractivity contribution in [3.63, 3.8) is 0 Å². The van der Waals surface area contributed by atoms with Gasteiger partial charge in [-0.1, -0.05) is 48.5 Å². The number of allylic oxidation sites excluding steroid dienone is 3. The van der Waals surface area contributed by atoms with E-state index in [2.05, 4.69) is 60.7 Å². The molecule has 0 amide bonds. The lowest BCUT2D eigenvalue weighted by Gasteiger charge is -2.34. The van der Waals surface area contributed by atoms with Crippen LogP contribution in [0.4, 0.5) is 0 Å². The van der Waals surface area contributed by atoms with Crippen LogP contribution in [-0.2, 0) is 0 Å². The van der Waals surface area contributed by atoms with Gasteiger partial charge in [-0.05, 0) is 37.1 Å². The molecular formula is C20H19ClN2. The first-order valence-electron chi connectivity index (χ1n) is 7.68. The van der Waals surface area contributed by atoms with E-state index in [0.29, 0.717) is 5.02 Å². The van der Waals surface area contributed by atoms with E-state index in [1.165, 1.54) is 11.1 Å². The molecule has 1 aromatic heterocycles. The second-order valence-corrected chi connectivity index (χ2v) is 5.91. The minimum Gasteiger partial charge on any atom is -0.341 e. The van der Waals surface area contributed by atoms with Crippen LogP contribution in [-0.4, -0.2) is 16.4 Å². The Morgan fingerprint density at radius 3 is 2.57 bits per heavy atom. The van der Waals surface area contributed by atoms with E-state index in [1.807, 2.05) is 12.1 Å². The molecule has 2 aromatic rings. The molecule has 0 fully saturated rings. The van der Waals surface area contributed by atoms with E-state index in [1.54, 1.807) is 12.4 Å². The van der Waals surface area contributed by atoms with Gasteiger partial charge in [0, 0.05) is 35.8 Å². The van der Waals surface area contributed by atoms with Crippen molar-refractivity contribution in [3.8, 4) is 0 Å². The van der Waals surface area contributed by atoms with Crippen molar-refractivity contribution in [1.29, 1.82) is 0 Å². The molecule has 0 spiro atoms. The van der Waals surface area contributed by atoms with E-state index in [9.17, 15) is 0 Å². The molecule has 116 valence electrons. The number of nitrogens with zero attached hydrogens (tertiary/aromatic N) is 2. The molecule has 1 aliphatic heterocycles. The van der Waals surface area contributed by atoms with Gasteiger partial charge < -0.3 is 4.90 Å². The molecule has 0 atom stereocenters. The summed E-state index contributed by atoms with van der Waals surface area (Å²) in [7, 11) is 0. The van der Waals surface area contributed by atoms with E-state index in [0.717, 1.165) is 29.1 Å². The molecule has 3 heteroatoms. The van der Waals surface area contributed by atoms with Gasteiger partial charge in [-0.25, -0.2) is 0 Å². The third-order valence-electron chi connectivity index (χ3n) is 4.10. The average molecular weight is 323 g/mol. The van der Waals surface area contributed by atoms with Crippen molar-refractivity contribution in [2.45, 2.75) is 13.8 Å². The summed E-state index contributed by atoms with van der Waals surface area (Å²) in [6.45, 7) is 9.30. The molecule has 2 heterocycles. The van der Waals surface area contributed by atoms with Crippen LogP contribution in [0.15, 0.2) is 72.7 Å². The van der Waals surface area contributed by atoms with Crippen LogP contribution in [0, 0.1) is 0 Å². The SMILES string of the molecule is C=C1C(C)=CC(c2ccccc2)=C(c2ccncc2Cl)N1CC. The molecule has 0 N–H and O–H groups in total. The smallest absolute Gasteiger partial charge is 0.0682 e. The van der Waals surface area contributed by atoms with Crippen LogP contribution in [0.3, 0.4) is 0 Å². The average Bonchev–Trinajstić information content (AvgIpc) is 2.58. The highest BCUT2D eigenvalue weighted by Gasteiger charge is 2.24. The number of benzene rings is 1. The van der Waals surface area contributed by atoms with Gasteiger partial charge in [-0.3, -0.25) is 4.98 Å². The van der Waals surface area contributed by atoms with Gasteiger partial charge in [-0.2, -0.15) is 0 Å². The fraction of sp³-hybridized carbons (Fsp3) is 0.150. The van der Waals surface area contributed by atoms with Gasteiger partial charge in [0.2, 0.25) is 0 Å². The van der Waals surface area contributed by atoms with Crippen molar-refractivity contribution < 1.29 is 0 Å². The predicted molar refractivity (Wildman–Crippen MR) is 97.8 cm³/mol. The summed E-state index contributed by atoms with van der Waals surface area (Å²) >= 11 is 6.44. The zero-order valence-electron chi connectivity index (χ0n) is 13.4. The maximum atomic E-state index is 6.44. The van der Waals surface area contributed by atoms with Crippen molar-refractivity contribution in [1.82, 2.24) is 9.88 Å². The number of pyridine rings is 1. The molecule has 0 unspecified atom stereocenters. The van der Waals surface area contributed by atoms with Gasteiger partial charge >= 0.3 is 0 Å². The summed E-state index contributed by atoms with van der Waals surface area (Å²) in [6, 6.07) is 12.3. The Morgan fingerprint density at radius 1 is 1.17 bits per heavy atom. The summed E-state index contributed by atoms with van der Waals surface area (Å²) < 4.78 is 0. The molecular weight excluding hydrogens is 304 g/mol. The zero-order chi connectivity index (χ0) is 16.4. The monoisotopic (exact) mass is 322 g/mol. The Kier molecular flexibility index (Phi) is 4.35. The Hall–Kier alpha value is -2.32. The number of likely N-dealkylation sites (N-methyl/N-ethyl adjacent to an activating group) is 1. The Morgan fingerprint density at radius 2 is 1.91 bits per heavy atom. The molecule has 0 saturated carbocycles. The molecule has 0 saturated heterocycles. The first-order valence-corrected chi connectivity index (χ1v) is 8.06. The first kappa shape index (κ1) is 15.6. The van der Waals surface area contributed by atoms with Gasteiger partial charge in [0.15, 0.2) is 0 Å². The Balaban J connectivity index is 2.32. The fourth-order valence-corrected chi connectivity index (χ4v) is 3.11. The summed E-state index contributed by atoms with van der Waals surface area (Å²) in [5.41, 5.74) is 6.56. The number of aromatic nitrogens is 1. The maximum Gasteiger partial charge on any atom is 0.0682 e. The topological polar surface area (TPSA) is 16.1 Å². The number of halogens is 1. The van der Waals surface area contributed by atoms with Crippen molar-refractivity contribution in [3.05, 3.63) is 88.9 Å². The van der Waals surface area contributed by atoms with Gasteiger partial charge in [0.25, 0.3) is 0 Å². The highest BCUT2D eigenvalue weighted by Crippen LogP contribution is 2.40. The molecule has 1 aliphatic rings. The molecule has 0 radical (unpaired) electrons. The van der Waals surface area contributed by atoms with E-state index in [-0.39, 0.29) is 0 Å². The highest BCUT2D eigenvalue weighted by molar-refractivity contribution is 6.32. The van der Waals surface area contributed by atoms with Crippen molar-refractivity contribution in [2.24, 2.45) is 0 Å². The summed E-state index contributed by atoms with van der Waals surface area (Å²) in [6.07, 6.45) is 5.66. The summed E-state index contributed by atoms with van der Waals surface area (Å²) in [5.74, 6) is 0. The lowest BCUT2D eigenvalue weighted by atomic mass is 9.92. The van der Waals surface area contributed by atoms with E-state index < -0.39 is 0 Å². The third-order valence-corrected chi connectivity index (χ3v) is 4.40. The van der Waals surface area contributed by atoms with Gasteiger partial charge in [0.1, 0.15) is 0 Å². The largest absolute Gasteiger partial charge is 0.341 e. The highest BCUT2D eigenvalue weighted by atomic mass is 35.5. The quantitative estimate of drug-likeness (QED) is 0.752. The molecule has 23 heavy (non-hydrogen) atoms. The van der Waals surface area contributed by atoms with Crippen molar-refractivity contribution >= 4 is 22.9 Å². The lowest BCUT2D eigenvalue weighted by Crippen LogP contribution is -2.25. The van der Waals surface area contributed by atoms with Crippen LogP contribution >= 0.6 is 11.6 Å². The summed E-state index contributed by atoms with van der Waals surface area (Å²) in [5, 5.41) is 0.648. The van der Waals surface area contributed by atoms with Crippen LogP contribution < -0.4 is 0 Å². The van der Waals surface area contributed by atoms with E-state index in [4.69, 9.17) is 11.6 Å². The fourth-order valence-electron chi connectivity index (χ4n) is 2.91. The van der Waals surface area contributed by atoms with Gasteiger partial charge in [-0.15, -0.1) is 0 Å². The second kappa shape index (κ2) is 6.43. The standard InChI is InChI=1S/C20H19ClN2/c1-4-23-15(3)14(2)12-18(16-8-6-5-7-9-16)20(23)17-10-11-22-13-19(17)21/h5-13H,3-4H2,1-2H3. The molecule has 0 aliphatic carbocycles. The molecule has 0 bridgehead atoms. The van der Waals surface area contributed by atoms with Crippen molar-refractivity contribution in [2.75, 3.05) is 6.54 Å². The normalized spacial score (nSPS) is 15.0. The molecule has 3 rings (SSSR count). The maximum absolute atomic E-state index is 6.44. The van der Waals surface area contributed by atoms with E-state index >= 15 is 0 Å². The number of hydrogen-bond donors (Lipinski definition) is 0. The zero-order valence-corrected chi connectivity index (χ0v) is 14.1. The second-order valence-electron chi connectivity index (χ2n) is 5.50. The summed E-state index contributed by atoms with van der Waals surface area (Å²) in [4.78, 5) is 6.33.